The molecule has 1 aliphatic rings. The maximum absolute atomic E-state index is 11.8. The summed E-state index contributed by atoms with van der Waals surface area (Å²) >= 11 is 0. The van der Waals surface area contributed by atoms with Crippen molar-refractivity contribution in [3.63, 3.8) is 0 Å². The molecule has 1 aromatic carbocycles. The number of rotatable bonds is 6. The van der Waals surface area contributed by atoms with Crippen molar-refractivity contribution >= 4 is 41.8 Å². The lowest BCUT2D eigenvalue weighted by molar-refractivity contribution is -0.147. The Hall–Kier alpha value is -1.64. The minimum atomic E-state index is -0.0861. The van der Waals surface area contributed by atoms with Crippen LogP contribution in [0.4, 0.5) is 0 Å². The molecule has 0 aromatic heterocycles. The van der Waals surface area contributed by atoms with E-state index in [-0.39, 0.29) is 41.8 Å². The van der Waals surface area contributed by atoms with Gasteiger partial charge >= 0.3 is 0 Å². The molecule has 2 N–H and O–H groups in total. The number of nitrogens with zero attached hydrogens (tertiary/aromatic N) is 2. The van der Waals surface area contributed by atoms with Crippen LogP contribution in [-0.2, 0) is 9.59 Å². The predicted octanol–water partition coefficient (Wildman–Crippen LogP) is 2.46. The van der Waals surface area contributed by atoms with E-state index >= 15 is 0 Å². The Morgan fingerprint density at radius 3 is 2.44 bits per heavy atom. The Labute approximate surface area is 166 Å². The standard InChI is InChI=1S/C18H26N4O2.HI/c1-3-19-18(21-14(2)15-8-5-4-6-9-15)20-12-13-22-16(23)10-7-11-17(22)24;/h4-6,8-9,14H,3,7,10-13H2,1-2H3,(H2,19,20,21);1H. The van der Waals surface area contributed by atoms with Crippen LogP contribution in [0, 0.1) is 0 Å². The molecular formula is C18H27IN4O2. The summed E-state index contributed by atoms with van der Waals surface area (Å²) in [5.41, 5.74) is 1.17. The van der Waals surface area contributed by atoms with Crippen molar-refractivity contribution in [2.75, 3.05) is 19.6 Å². The van der Waals surface area contributed by atoms with Crippen LogP contribution in [0.15, 0.2) is 35.3 Å². The number of carbonyl (C=O) groups excluding carboxylic acids is 2. The summed E-state index contributed by atoms with van der Waals surface area (Å²) in [6.45, 7) is 5.55. The highest BCUT2D eigenvalue weighted by atomic mass is 127. The van der Waals surface area contributed by atoms with E-state index in [1.54, 1.807) is 0 Å². The molecule has 1 atom stereocenters. The summed E-state index contributed by atoms with van der Waals surface area (Å²) < 4.78 is 0. The maximum Gasteiger partial charge on any atom is 0.229 e. The molecule has 0 bridgehead atoms. The maximum atomic E-state index is 11.8. The molecule has 1 unspecified atom stereocenters. The van der Waals surface area contributed by atoms with Crippen LogP contribution in [0.5, 0.6) is 0 Å². The highest BCUT2D eigenvalue weighted by Crippen LogP contribution is 2.12. The lowest BCUT2D eigenvalue weighted by Gasteiger charge is -2.24. The largest absolute Gasteiger partial charge is 0.357 e. The van der Waals surface area contributed by atoms with Gasteiger partial charge in [-0.05, 0) is 25.8 Å². The van der Waals surface area contributed by atoms with Crippen LogP contribution in [-0.4, -0.2) is 42.3 Å². The number of hydrogen-bond acceptors (Lipinski definition) is 3. The van der Waals surface area contributed by atoms with E-state index in [1.807, 2.05) is 25.1 Å². The van der Waals surface area contributed by atoms with E-state index in [9.17, 15) is 9.59 Å². The summed E-state index contributed by atoms with van der Waals surface area (Å²) in [7, 11) is 0. The van der Waals surface area contributed by atoms with E-state index < -0.39 is 0 Å². The highest BCUT2D eigenvalue weighted by molar-refractivity contribution is 14.0. The monoisotopic (exact) mass is 458 g/mol. The topological polar surface area (TPSA) is 73.8 Å². The first-order valence-electron chi connectivity index (χ1n) is 8.54. The molecule has 0 spiro atoms. The van der Waals surface area contributed by atoms with Gasteiger partial charge in [-0.3, -0.25) is 19.5 Å². The number of guanidine groups is 1. The summed E-state index contributed by atoms with van der Waals surface area (Å²) in [4.78, 5) is 29.4. The predicted molar refractivity (Wildman–Crippen MR) is 110 cm³/mol. The zero-order valence-electron chi connectivity index (χ0n) is 14.8. The number of amides is 2. The Morgan fingerprint density at radius 1 is 1.20 bits per heavy atom. The fraction of sp³-hybridized carbons (Fsp3) is 0.500. The number of aliphatic imine (C=N–C) groups is 1. The quantitative estimate of drug-likeness (QED) is 0.297. The molecule has 7 heteroatoms. The Morgan fingerprint density at radius 2 is 1.84 bits per heavy atom. The summed E-state index contributed by atoms with van der Waals surface area (Å²) in [6, 6.07) is 10.2. The fourth-order valence-corrected chi connectivity index (χ4v) is 2.66. The lowest BCUT2D eigenvalue weighted by Crippen LogP contribution is -2.42. The number of piperidine rings is 1. The number of likely N-dealkylation sites (tertiary alicyclic amines) is 1. The SMILES string of the molecule is CCNC(=NCCN1C(=O)CCCC1=O)NC(C)c1ccccc1.I. The van der Waals surface area contributed by atoms with Gasteiger partial charge in [0, 0.05) is 25.9 Å². The molecule has 1 saturated heterocycles. The number of nitrogens with one attached hydrogen (secondary N) is 2. The van der Waals surface area contributed by atoms with E-state index in [4.69, 9.17) is 0 Å². The smallest absolute Gasteiger partial charge is 0.229 e. The van der Waals surface area contributed by atoms with Crippen molar-refractivity contribution in [3.05, 3.63) is 35.9 Å². The molecule has 2 rings (SSSR count). The molecule has 1 fully saturated rings. The average Bonchev–Trinajstić information content (AvgIpc) is 2.58. The average molecular weight is 458 g/mol. The van der Waals surface area contributed by atoms with Gasteiger partial charge in [0.15, 0.2) is 5.96 Å². The van der Waals surface area contributed by atoms with Crippen molar-refractivity contribution in [1.29, 1.82) is 0 Å². The van der Waals surface area contributed by atoms with Crippen molar-refractivity contribution in [1.82, 2.24) is 15.5 Å². The highest BCUT2D eigenvalue weighted by Gasteiger charge is 2.25. The van der Waals surface area contributed by atoms with Gasteiger partial charge in [0.1, 0.15) is 0 Å². The van der Waals surface area contributed by atoms with Gasteiger partial charge in [0.25, 0.3) is 0 Å². The fourth-order valence-electron chi connectivity index (χ4n) is 2.66. The molecule has 6 nitrogen and oxygen atoms in total. The molecule has 1 aliphatic heterocycles. The van der Waals surface area contributed by atoms with Crippen molar-refractivity contribution in [2.24, 2.45) is 4.99 Å². The van der Waals surface area contributed by atoms with E-state index in [0.717, 1.165) is 6.54 Å². The van der Waals surface area contributed by atoms with Gasteiger partial charge in [0.2, 0.25) is 11.8 Å². The minimum absolute atomic E-state index is 0. The molecule has 1 heterocycles. The Bertz CT molecular complexity index is 576. The Kier molecular flexibility index (Phi) is 9.48. The second kappa shape index (κ2) is 11.1. The molecule has 25 heavy (non-hydrogen) atoms. The van der Waals surface area contributed by atoms with Crippen LogP contribution in [0.25, 0.3) is 0 Å². The van der Waals surface area contributed by atoms with Gasteiger partial charge in [-0.15, -0.1) is 24.0 Å². The minimum Gasteiger partial charge on any atom is -0.357 e. The summed E-state index contributed by atoms with van der Waals surface area (Å²) in [6.07, 6.45) is 1.58. The van der Waals surface area contributed by atoms with Crippen LogP contribution < -0.4 is 10.6 Å². The van der Waals surface area contributed by atoms with Gasteiger partial charge in [0.05, 0.1) is 12.6 Å². The number of carbonyl (C=O) groups is 2. The first-order chi connectivity index (χ1) is 11.6. The van der Waals surface area contributed by atoms with Crippen molar-refractivity contribution in [3.8, 4) is 0 Å². The first kappa shape index (κ1) is 21.4. The van der Waals surface area contributed by atoms with Crippen molar-refractivity contribution in [2.45, 2.75) is 39.2 Å². The summed E-state index contributed by atoms with van der Waals surface area (Å²) in [5, 5.41) is 6.54. The van der Waals surface area contributed by atoms with E-state index in [1.165, 1.54) is 10.5 Å². The molecule has 0 saturated carbocycles. The van der Waals surface area contributed by atoms with Crippen molar-refractivity contribution < 1.29 is 9.59 Å². The normalized spacial score (nSPS) is 16.2. The van der Waals surface area contributed by atoms with Gasteiger partial charge in [-0.1, -0.05) is 30.3 Å². The number of benzene rings is 1. The molecule has 138 valence electrons. The van der Waals surface area contributed by atoms with Crippen LogP contribution in [0.1, 0.15) is 44.7 Å². The van der Waals surface area contributed by atoms with Gasteiger partial charge in [-0.2, -0.15) is 0 Å². The van der Waals surface area contributed by atoms with Gasteiger partial charge < -0.3 is 10.6 Å². The van der Waals surface area contributed by atoms with Crippen LogP contribution in [0.3, 0.4) is 0 Å². The molecule has 0 radical (unpaired) electrons. The molecule has 1 aromatic rings. The summed E-state index contributed by atoms with van der Waals surface area (Å²) in [5.74, 6) is 0.514. The van der Waals surface area contributed by atoms with Crippen LogP contribution in [0.2, 0.25) is 0 Å². The van der Waals surface area contributed by atoms with Gasteiger partial charge in [-0.25, -0.2) is 0 Å². The third-order valence-corrected chi connectivity index (χ3v) is 3.97. The zero-order chi connectivity index (χ0) is 17.4. The number of imide groups is 1. The van der Waals surface area contributed by atoms with E-state index in [2.05, 4.69) is 34.7 Å². The molecule has 0 aliphatic carbocycles. The van der Waals surface area contributed by atoms with E-state index in [0.29, 0.717) is 38.3 Å². The number of halogens is 1. The zero-order valence-corrected chi connectivity index (χ0v) is 17.2. The lowest BCUT2D eigenvalue weighted by atomic mass is 10.1. The number of hydrogen-bond donors (Lipinski definition) is 2. The second-order valence-corrected chi connectivity index (χ2v) is 5.83. The molecule has 2 amide bonds. The van der Waals surface area contributed by atoms with Crippen LogP contribution >= 0.6 is 24.0 Å². The first-order valence-corrected chi connectivity index (χ1v) is 8.54. The third-order valence-electron chi connectivity index (χ3n) is 3.97. The second-order valence-electron chi connectivity index (χ2n) is 5.83. The molecular weight excluding hydrogens is 431 g/mol. The Balaban J connectivity index is 0.00000312. The third kappa shape index (κ3) is 6.64.